The van der Waals surface area contributed by atoms with Gasteiger partial charge >= 0.3 is 0 Å². The van der Waals surface area contributed by atoms with Crippen LogP contribution in [0.3, 0.4) is 0 Å². The molecule has 0 atom stereocenters. The molecule has 0 saturated carbocycles. The fourth-order valence-corrected chi connectivity index (χ4v) is 2.86. The number of halogens is 1. The number of nitrogens with zero attached hydrogens (tertiary/aromatic N) is 2. The molecule has 138 valence electrons. The van der Waals surface area contributed by atoms with Crippen LogP contribution >= 0.6 is 11.6 Å². The molecule has 1 amide bonds. The highest BCUT2D eigenvalue weighted by Crippen LogP contribution is 2.23. The normalized spacial score (nSPS) is 10.5. The second-order valence-corrected chi connectivity index (χ2v) is 6.91. The third kappa shape index (κ3) is 5.05. The van der Waals surface area contributed by atoms with E-state index in [0.29, 0.717) is 28.9 Å². The van der Waals surface area contributed by atoms with Crippen LogP contribution in [0.25, 0.3) is 0 Å². The molecule has 0 unspecified atom stereocenters. The van der Waals surface area contributed by atoms with Gasteiger partial charge in [0.2, 0.25) is 5.95 Å². The zero-order chi connectivity index (χ0) is 19.4. The lowest BCUT2D eigenvalue weighted by Gasteiger charge is -2.11. The zero-order valence-electron chi connectivity index (χ0n) is 15.5. The Balaban J connectivity index is 1.76. The van der Waals surface area contributed by atoms with E-state index in [4.69, 9.17) is 11.6 Å². The fourth-order valence-electron chi connectivity index (χ4n) is 2.69. The van der Waals surface area contributed by atoms with E-state index in [1.165, 1.54) is 0 Å². The van der Waals surface area contributed by atoms with Crippen molar-refractivity contribution in [2.45, 2.75) is 27.3 Å². The highest BCUT2D eigenvalue weighted by atomic mass is 35.5. The summed E-state index contributed by atoms with van der Waals surface area (Å²) in [5.74, 6) is 0.119. The van der Waals surface area contributed by atoms with Gasteiger partial charge in [-0.05, 0) is 50.1 Å². The summed E-state index contributed by atoms with van der Waals surface area (Å²) >= 11 is 6.06. The lowest BCUT2D eigenvalue weighted by molar-refractivity contribution is 0.0945. The minimum atomic E-state index is -0.243. The maximum Gasteiger partial charge on any atom is 0.270 e. The van der Waals surface area contributed by atoms with Crippen molar-refractivity contribution in [2.75, 3.05) is 5.32 Å². The number of nitrogens with one attached hydrogen (secondary N) is 2. The van der Waals surface area contributed by atoms with Gasteiger partial charge in [-0.1, -0.05) is 47.5 Å². The van der Waals surface area contributed by atoms with Crippen molar-refractivity contribution in [2.24, 2.45) is 0 Å². The summed E-state index contributed by atoms with van der Waals surface area (Å²) in [5, 5.41) is 6.66. The lowest BCUT2D eigenvalue weighted by atomic mass is 10.1. The van der Waals surface area contributed by atoms with E-state index >= 15 is 0 Å². The number of carbonyl (C=O) groups excluding carboxylic acids is 1. The molecule has 0 aliphatic carbocycles. The third-order valence-electron chi connectivity index (χ3n) is 4.07. The Morgan fingerprint density at radius 3 is 2.63 bits per heavy atom. The van der Waals surface area contributed by atoms with Gasteiger partial charge in [-0.3, -0.25) is 4.79 Å². The molecule has 6 heteroatoms. The van der Waals surface area contributed by atoms with Gasteiger partial charge in [0.15, 0.2) is 0 Å². The van der Waals surface area contributed by atoms with E-state index in [0.717, 1.165) is 22.4 Å². The molecule has 0 radical (unpaired) electrons. The number of hydrogen-bond acceptors (Lipinski definition) is 4. The first-order chi connectivity index (χ1) is 12.9. The molecule has 3 aromatic rings. The molecule has 3 rings (SSSR count). The monoisotopic (exact) mass is 380 g/mol. The first kappa shape index (κ1) is 18.9. The maximum absolute atomic E-state index is 12.5. The second kappa shape index (κ2) is 8.18. The Bertz CT molecular complexity index is 988. The molecule has 27 heavy (non-hydrogen) atoms. The number of rotatable bonds is 5. The van der Waals surface area contributed by atoms with Crippen molar-refractivity contribution >= 4 is 29.1 Å². The van der Waals surface area contributed by atoms with Crippen molar-refractivity contribution < 1.29 is 4.79 Å². The molecular formula is C21H21ClN4O. The van der Waals surface area contributed by atoms with Gasteiger partial charge in [-0.25, -0.2) is 9.97 Å². The van der Waals surface area contributed by atoms with Crippen LogP contribution in [0.4, 0.5) is 11.6 Å². The van der Waals surface area contributed by atoms with E-state index in [1.54, 1.807) is 12.1 Å². The smallest absolute Gasteiger partial charge is 0.270 e. The van der Waals surface area contributed by atoms with Crippen LogP contribution in [0.1, 0.15) is 32.9 Å². The molecule has 0 saturated heterocycles. The summed E-state index contributed by atoms with van der Waals surface area (Å²) in [6.07, 6.45) is 0. The first-order valence-corrected chi connectivity index (χ1v) is 9.01. The van der Waals surface area contributed by atoms with Gasteiger partial charge in [0.25, 0.3) is 5.91 Å². The van der Waals surface area contributed by atoms with E-state index in [1.807, 2.05) is 57.2 Å². The molecule has 2 aromatic carbocycles. The van der Waals surface area contributed by atoms with E-state index in [9.17, 15) is 4.79 Å². The van der Waals surface area contributed by atoms with E-state index in [2.05, 4.69) is 20.6 Å². The summed E-state index contributed by atoms with van der Waals surface area (Å²) in [4.78, 5) is 21.2. The molecule has 2 N–H and O–H groups in total. The molecule has 0 fully saturated rings. The predicted molar refractivity (Wildman–Crippen MR) is 109 cm³/mol. The van der Waals surface area contributed by atoms with Gasteiger partial charge in [0.05, 0.1) is 0 Å². The molecule has 1 aromatic heterocycles. The van der Waals surface area contributed by atoms with Gasteiger partial charge in [0.1, 0.15) is 5.69 Å². The van der Waals surface area contributed by atoms with Crippen LogP contribution in [0, 0.1) is 20.8 Å². The van der Waals surface area contributed by atoms with Crippen molar-refractivity contribution in [1.82, 2.24) is 15.3 Å². The highest BCUT2D eigenvalue weighted by molar-refractivity contribution is 6.30. The van der Waals surface area contributed by atoms with Crippen LogP contribution < -0.4 is 10.6 Å². The topological polar surface area (TPSA) is 66.9 Å². The zero-order valence-corrected chi connectivity index (χ0v) is 16.3. The number of benzene rings is 2. The molecule has 0 aliphatic rings. The van der Waals surface area contributed by atoms with Crippen LogP contribution in [-0.2, 0) is 6.54 Å². The number of anilines is 2. The molecular weight excluding hydrogens is 360 g/mol. The maximum atomic E-state index is 12.5. The number of aromatic nitrogens is 2. The van der Waals surface area contributed by atoms with Crippen LogP contribution in [0.5, 0.6) is 0 Å². The van der Waals surface area contributed by atoms with Crippen LogP contribution in [0.2, 0.25) is 5.02 Å². The van der Waals surface area contributed by atoms with Gasteiger partial charge in [-0.2, -0.15) is 0 Å². The Morgan fingerprint density at radius 1 is 1.04 bits per heavy atom. The lowest BCUT2D eigenvalue weighted by Crippen LogP contribution is -2.24. The van der Waals surface area contributed by atoms with Crippen LogP contribution in [0.15, 0.2) is 48.5 Å². The van der Waals surface area contributed by atoms with Crippen molar-refractivity contribution in [1.29, 1.82) is 0 Å². The van der Waals surface area contributed by atoms with Gasteiger partial charge < -0.3 is 10.6 Å². The third-order valence-corrected chi connectivity index (χ3v) is 4.30. The predicted octanol–water partition coefficient (Wildman–Crippen LogP) is 4.73. The number of hydrogen-bond donors (Lipinski definition) is 2. The SMILES string of the molecule is Cc1cccc(CNC(=O)c2cc(C)nc(Nc3cc(Cl)ccc3C)n2)c1. The fraction of sp³-hybridized carbons (Fsp3) is 0.190. The number of carbonyl (C=O) groups is 1. The summed E-state index contributed by atoms with van der Waals surface area (Å²) in [6.45, 7) is 6.26. The molecule has 0 aliphatic heterocycles. The molecule has 0 spiro atoms. The van der Waals surface area contributed by atoms with Crippen molar-refractivity contribution in [3.05, 3.63) is 81.6 Å². The second-order valence-electron chi connectivity index (χ2n) is 6.47. The molecule has 5 nitrogen and oxygen atoms in total. The Labute approximate surface area is 163 Å². The Morgan fingerprint density at radius 2 is 1.85 bits per heavy atom. The van der Waals surface area contributed by atoms with Gasteiger partial charge in [-0.15, -0.1) is 0 Å². The average molecular weight is 381 g/mol. The van der Waals surface area contributed by atoms with Crippen molar-refractivity contribution in [3.63, 3.8) is 0 Å². The standard InChI is InChI=1S/C21H21ClN4O/c1-13-5-4-6-16(9-13)12-23-20(27)19-10-15(3)24-21(26-19)25-18-11-17(22)8-7-14(18)2/h4-11H,12H2,1-3H3,(H,23,27)(H,24,25,26). The largest absolute Gasteiger partial charge is 0.347 e. The summed E-state index contributed by atoms with van der Waals surface area (Å²) in [5.41, 5.74) is 5.03. The summed E-state index contributed by atoms with van der Waals surface area (Å²) < 4.78 is 0. The number of aryl methyl sites for hydroxylation is 3. The van der Waals surface area contributed by atoms with Crippen LogP contribution in [-0.4, -0.2) is 15.9 Å². The van der Waals surface area contributed by atoms with Gasteiger partial charge in [0, 0.05) is 22.9 Å². The number of amides is 1. The quantitative estimate of drug-likeness (QED) is 0.671. The summed E-state index contributed by atoms with van der Waals surface area (Å²) in [7, 11) is 0. The molecule has 0 bridgehead atoms. The first-order valence-electron chi connectivity index (χ1n) is 8.63. The minimum absolute atomic E-state index is 0.243. The Hall–Kier alpha value is -2.92. The van der Waals surface area contributed by atoms with E-state index < -0.39 is 0 Å². The summed E-state index contributed by atoms with van der Waals surface area (Å²) in [6, 6.07) is 15.2. The Kier molecular flexibility index (Phi) is 5.72. The minimum Gasteiger partial charge on any atom is -0.347 e. The highest BCUT2D eigenvalue weighted by Gasteiger charge is 2.11. The average Bonchev–Trinajstić information content (AvgIpc) is 2.62. The van der Waals surface area contributed by atoms with E-state index in [-0.39, 0.29) is 5.91 Å². The van der Waals surface area contributed by atoms with Crippen molar-refractivity contribution in [3.8, 4) is 0 Å². The molecule has 1 heterocycles.